The Labute approximate surface area is 162 Å². The van der Waals surface area contributed by atoms with Crippen LogP contribution in [0.4, 0.5) is 6.01 Å². The molecular formula is C21H21N5O2. The minimum Gasteiger partial charge on any atom is -0.423 e. The van der Waals surface area contributed by atoms with Crippen molar-refractivity contribution < 1.29 is 9.21 Å². The van der Waals surface area contributed by atoms with Crippen LogP contribution in [0.25, 0.3) is 11.1 Å². The van der Waals surface area contributed by atoms with Gasteiger partial charge in [0.05, 0.1) is 6.04 Å². The number of oxazole rings is 1. The van der Waals surface area contributed by atoms with Crippen LogP contribution in [-0.4, -0.2) is 40.2 Å². The minimum absolute atomic E-state index is 0.0324. The highest BCUT2D eigenvalue weighted by atomic mass is 16.4. The second-order valence-electron chi connectivity index (χ2n) is 7.24. The number of hydrogen-bond donors (Lipinski definition) is 0. The van der Waals surface area contributed by atoms with Crippen LogP contribution in [0.3, 0.4) is 0 Å². The predicted molar refractivity (Wildman–Crippen MR) is 106 cm³/mol. The molecule has 0 spiro atoms. The largest absolute Gasteiger partial charge is 0.423 e. The molecule has 7 heteroatoms. The number of carbonyl (C=O) groups excluding carboxylic acids is 1. The van der Waals surface area contributed by atoms with Crippen LogP contribution in [0.5, 0.6) is 0 Å². The van der Waals surface area contributed by atoms with E-state index in [1.165, 1.54) is 0 Å². The zero-order valence-corrected chi connectivity index (χ0v) is 15.4. The first kappa shape index (κ1) is 16.9. The molecule has 7 nitrogen and oxygen atoms in total. The lowest BCUT2D eigenvalue weighted by Gasteiger charge is -2.33. The maximum atomic E-state index is 13.1. The summed E-state index contributed by atoms with van der Waals surface area (Å²) in [4.78, 5) is 24.0. The highest BCUT2D eigenvalue weighted by molar-refractivity contribution is 5.82. The molecule has 0 aliphatic carbocycles. The standard InChI is InChI=1S/C21H21N5O2/c27-20(26-18(7-11-23-26)16-4-3-10-22-14-16)15-8-12-25(13-9-15)21-24-17-5-1-2-6-19(17)28-21/h1-6,10-11,14-15,18H,7-9,12-13H2. The lowest BCUT2D eigenvalue weighted by Crippen LogP contribution is -2.41. The van der Waals surface area contributed by atoms with Crippen LogP contribution in [-0.2, 0) is 4.79 Å². The van der Waals surface area contributed by atoms with Gasteiger partial charge in [0.15, 0.2) is 5.58 Å². The van der Waals surface area contributed by atoms with Gasteiger partial charge in [0, 0.05) is 44.0 Å². The Morgan fingerprint density at radius 3 is 2.75 bits per heavy atom. The molecule has 2 aliphatic rings. The summed E-state index contributed by atoms with van der Waals surface area (Å²) < 4.78 is 5.87. The van der Waals surface area contributed by atoms with Crippen LogP contribution in [0.15, 0.2) is 58.3 Å². The Balaban J connectivity index is 1.26. The molecule has 2 aromatic heterocycles. The molecule has 142 valence electrons. The maximum Gasteiger partial charge on any atom is 0.298 e. The Kier molecular flexibility index (Phi) is 4.27. The first-order chi connectivity index (χ1) is 13.8. The zero-order chi connectivity index (χ0) is 18.9. The number of hydrazone groups is 1. The van der Waals surface area contributed by atoms with E-state index in [4.69, 9.17) is 4.42 Å². The second-order valence-corrected chi connectivity index (χ2v) is 7.24. The molecule has 1 aromatic carbocycles. The third-order valence-electron chi connectivity index (χ3n) is 5.52. The molecule has 2 aliphatic heterocycles. The van der Waals surface area contributed by atoms with Gasteiger partial charge in [-0.2, -0.15) is 10.1 Å². The quantitative estimate of drug-likeness (QED) is 0.701. The summed E-state index contributed by atoms with van der Waals surface area (Å²) in [6.45, 7) is 1.50. The fourth-order valence-corrected chi connectivity index (χ4v) is 3.98. The van der Waals surface area contributed by atoms with E-state index in [0.29, 0.717) is 6.01 Å². The molecular weight excluding hydrogens is 354 g/mol. The molecule has 1 fully saturated rings. The van der Waals surface area contributed by atoms with Gasteiger partial charge in [-0.3, -0.25) is 9.78 Å². The van der Waals surface area contributed by atoms with Gasteiger partial charge in [0.2, 0.25) is 5.91 Å². The average Bonchev–Trinajstić information content (AvgIpc) is 3.41. The number of anilines is 1. The third-order valence-corrected chi connectivity index (χ3v) is 5.52. The van der Waals surface area contributed by atoms with Crippen molar-refractivity contribution in [1.82, 2.24) is 15.0 Å². The van der Waals surface area contributed by atoms with Gasteiger partial charge in [0.25, 0.3) is 6.01 Å². The zero-order valence-electron chi connectivity index (χ0n) is 15.4. The van der Waals surface area contributed by atoms with E-state index in [-0.39, 0.29) is 17.9 Å². The van der Waals surface area contributed by atoms with Crippen molar-refractivity contribution in [2.24, 2.45) is 11.0 Å². The van der Waals surface area contributed by atoms with Crippen LogP contribution in [0, 0.1) is 5.92 Å². The van der Waals surface area contributed by atoms with Gasteiger partial charge >= 0.3 is 0 Å². The highest BCUT2D eigenvalue weighted by Crippen LogP contribution is 2.32. The first-order valence-electron chi connectivity index (χ1n) is 9.65. The number of piperidine rings is 1. The Morgan fingerprint density at radius 2 is 1.96 bits per heavy atom. The molecule has 3 aromatic rings. The Hall–Kier alpha value is -3.22. The van der Waals surface area contributed by atoms with E-state index in [0.717, 1.165) is 49.0 Å². The summed E-state index contributed by atoms with van der Waals surface area (Å²) in [5.74, 6) is 0.0647. The summed E-state index contributed by atoms with van der Waals surface area (Å²) in [5, 5.41) is 6.01. The van der Waals surface area contributed by atoms with Crippen molar-refractivity contribution in [2.75, 3.05) is 18.0 Å². The fourth-order valence-electron chi connectivity index (χ4n) is 3.98. The lowest BCUT2D eigenvalue weighted by molar-refractivity contribution is -0.138. The smallest absolute Gasteiger partial charge is 0.298 e. The Bertz CT molecular complexity index is 975. The summed E-state index contributed by atoms with van der Waals surface area (Å²) in [6.07, 6.45) is 7.65. The van der Waals surface area contributed by atoms with E-state index in [1.807, 2.05) is 48.8 Å². The number of nitrogens with zero attached hydrogens (tertiary/aromatic N) is 5. The SMILES string of the molecule is O=C(C1CCN(c2nc3ccccc3o2)CC1)N1N=CCC1c1cccnc1. The highest BCUT2D eigenvalue weighted by Gasteiger charge is 2.35. The van der Waals surface area contributed by atoms with Crippen LogP contribution >= 0.6 is 0 Å². The lowest BCUT2D eigenvalue weighted by atomic mass is 9.95. The first-order valence-corrected chi connectivity index (χ1v) is 9.65. The average molecular weight is 375 g/mol. The van der Waals surface area contributed by atoms with Gasteiger partial charge in [-0.1, -0.05) is 18.2 Å². The molecule has 1 amide bonds. The number of pyridine rings is 1. The third kappa shape index (κ3) is 3.02. The monoisotopic (exact) mass is 375 g/mol. The molecule has 0 bridgehead atoms. The van der Waals surface area contributed by atoms with E-state index in [9.17, 15) is 4.79 Å². The molecule has 4 heterocycles. The van der Waals surface area contributed by atoms with E-state index >= 15 is 0 Å². The van der Waals surface area contributed by atoms with Crippen molar-refractivity contribution in [2.45, 2.75) is 25.3 Å². The fraction of sp³-hybridized carbons (Fsp3) is 0.333. The van der Waals surface area contributed by atoms with E-state index in [1.54, 1.807) is 11.2 Å². The molecule has 0 radical (unpaired) electrons. The van der Waals surface area contributed by atoms with Crippen molar-refractivity contribution in [3.8, 4) is 0 Å². The van der Waals surface area contributed by atoms with Crippen molar-refractivity contribution in [3.05, 3.63) is 54.4 Å². The normalized spacial score (nSPS) is 20.2. The van der Waals surface area contributed by atoms with Crippen molar-refractivity contribution in [1.29, 1.82) is 0 Å². The second kappa shape index (κ2) is 7.07. The number of fused-ring (bicyclic) bond motifs is 1. The molecule has 28 heavy (non-hydrogen) atoms. The molecule has 1 unspecified atom stereocenters. The topological polar surface area (TPSA) is 74.8 Å². The number of para-hydroxylation sites is 2. The number of benzene rings is 1. The number of amides is 1. The van der Waals surface area contributed by atoms with Gasteiger partial charge in [-0.25, -0.2) is 5.01 Å². The summed E-state index contributed by atoms with van der Waals surface area (Å²) in [5.41, 5.74) is 2.68. The number of rotatable bonds is 3. The van der Waals surface area contributed by atoms with E-state index < -0.39 is 0 Å². The number of carbonyl (C=O) groups is 1. The van der Waals surface area contributed by atoms with Crippen molar-refractivity contribution in [3.63, 3.8) is 0 Å². The summed E-state index contributed by atoms with van der Waals surface area (Å²) in [6, 6.07) is 12.3. The molecule has 0 saturated carbocycles. The molecule has 5 rings (SSSR count). The number of aromatic nitrogens is 2. The van der Waals surface area contributed by atoms with E-state index in [2.05, 4.69) is 20.0 Å². The molecule has 0 N–H and O–H groups in total. The summed E-state index contributed by atoms with van der Waals surface area (Å²) >= 11 is 0. The van der Waals surface area contributed by atoms with Crippen LogP contribution < -0.4 is 4.90 Å². The van der Waals surface area contributed by atoms with Gasteiger partial charge in [-0.05, 0) is 36.6 Å². The predicted octanol–water partition coefficient (Wildman–Crippen LogP) is 3.40. The molecule has 1 atom stereocenters. The van der Waals surface area contributed by atoms with Gasteiger partial charge in [-0.15, -0.1) is 0 Å². The number of hydrogen-bond acceptors (Lipinski definition) is 6. The van der Waals surface area contributed by atoms with Crippen LogP contribution in [0.2, 0.25) is 0 Å². The van der Waals surface area contributed by atoms with Gasteiger partial charge in [0.1, 0.15) is 5.52 Å². The molecule has 1 saturated heterocycles. The van der Waals surface area contributed by atoms with Gasteiger partial charge < -0.3 is 9.32 Å². The summed E-state index contributed by atoms with van der Waals surface area (Å²) in [7, 11) is 0. The van der Waals surface area contributed by atoms with Crippen LogP contribution in [0.1, 0.15) is 30.9 Å². The minimum atomic E-state index is -0.0451. The van der Waals surface area contributed by atoms with Crippen molar-refractivity contribution >= 4 is 29.2 Å². The Morgan fingerprint density at radius 1 is 1.11 bits per heavy atom. The maximum absolute atomic E-state index is 13.1.